The van der Waals surface area contributed by atoms with Crippen LogP contribution in [0.25, 0.3) is 11.3 Å². The highest BCUT2D eigenvalue weighted by atomic mass is 79.9. The quantitative estimate of drug-likeness (QED) is 0.861. The van der Waals surface area contributed by atoms with E-state index >= 15 is 0 Å². The van der Waals surface area contributed by atoms with Gasteiger partial charge in [-0.25, -0.2) is 4.98 Å². The predicted octanol–water partition coefficient (Wildman–Crippen LogP) is 2.14. The lowest BCUT2D eigenvalue weighted by Crippen LogP contribution is -1.98. The first kappa shape index (κ1) is 10.2. The van der Waals surface area contributed by atoms with Crippen LogP contribution in [0.2, 0.25) is 0 Å². The van der Waals surface area contributed by atoms with Crippen LogP contribution in [0.3, 0.4) is 0 Å². The zero-order valence-corrected chi connectivity index (χ0v) is 10.1. The Morgan fingerprint density at radius 1 is 1.40 bits per heavy atom. The number of hydrogen-bond donors (Lipinski definition) is 1. The van der Waals surface area contributed by atoms with Crippen molar-refractivity contribution < 1.29 is 0 Å². The second-order valence-corrected chi connectivity index (χ2v) is 4.26. The number of pyridine rings is 1. The molecule has 0 amide bonds. The number of nitrogens with two attached hydrogens (primary N) is 1. The summed E-state index contributed by atoms with van der Waals surface area (Å²) in [5.41, 5.74) is 7.65. The third-order valence-electron chi connectivity index (χ3n) is 2.34. The highest BCUT2D eigenvalue weighted by Crippen LogP contribution is 2.26. The summed E-state index contributed by atoms with van der Waals surface area (Å²) < 4.78 is 2.78. The van der Waals surface area contributed by atoms with E-state index in [0.717, 1.165) is 21.6 Å². The van der Waals surface area contributed by atoms with Crippen molar-refractivity contribution in [2.45, 2.75) is 6.92 Å². The fourth-order valence-corrected chi connectivity index (χ4v) is 1.75. The van der Waals surface area contributed by atoms with Crippen LogP contribution < -0.4 is 5.73 Å². The third kappa shape index (κ3) is 1.74. The fraction of sp³-hybridized carbons (Fsp3) is 0.200. The molecule has 0 saturated heterocycles. The van der Waals surface area contributed by atoms with Crippen molar-refractivity contribution in [1.82, 2.24) is 14.5 Å². The van der Waals surface area contributed by atoms with Gasteiger partial charge >= 0.3 is 0 Å². The first-order valence-electron chi connectivity index (χ1n) is 4.49. The van der Waals surface area contributed by atoms with Crippen LogP contribution in [0, 0.1) is 6.92 Å². The minimum absolute atomic E-state index is 0.660. The molecule has 5 heteroatoms. The van der Waals surface area contributed by atoms with Gasteiger partial charge in [-0.15, -0.1) is 0 Å². The van der Waals surface area contributed by atoms with Gasteiger partial charge in [-0.05, 0) is 28.9 Å². The topological polar surface area (TPSA) is 56.7 Å². The van der Waals surface area contributed by atoms with Gasteiger partial charge in [0.05, 0.1) is 0 Å². The molecule has 2 N–H and O–H groups in total. The third-order valence-corrected chi connectivity index (χ3v) is 2.77. The molecule has 0 bridgehead atoms. The number of halogens is 1. The molecule has 0 atom stereocenters. The Morgan fingerprint density at radius 2 is 2.13 bits per heavy atom. The fourth-order valence-electron chi connectivity index (χ4n) is 1.38. The maximum absolute atomic E-state index is 5.94. The van der Waals surface area contributed by atoms with Gasteiger partial charge in [0.15, 0.2) is 0 Å². The van der Waals surface area contributed by atoms with Gasteiger partial charge in [0.2, 0.25) is 0 Å². The first-order chi connectivity index (χ1) is 7.09. The predicted molar refractivity (Wildman–Crippen MR) is 63.3 cm³/mol. The van der Waals surface area contributed by atoms with Gasteiger partial charge in [-0.1, -0.05) is 0 Å². The second-order valence-electron chi connectivity index (χ2n) is 3.34. The average Bonchev–Trinajstić information content (AvgIpc) is 2.46. The van der Waals surface area contributed by atoms with E-state index in [0.29, 0.717) is 5.82 Å². The number of aromatic nitrogens is 3. The number of imidazole rings is 1. The van der Waals surface area contributed by atoms with Gasteiger partial charge in [0.1, 0.15) is 17.3 Å². The molecule has 0 aliphatic rings. The molecular formula is C10H11BrN4. The molecule has 0 aliphatic carbocycles. The largest absolute Gasteiger partial charge is 0.383 e. The molecule has 0 fully saturated rings. The minimum atomic E-state index is 0.660. The Labute approximate surface area is 96.3 Å². The lowest BCUT2D eigenvalue weighted by molar-refractivity contribution is 0.868. The summed E-state index contributed by atoms with van der Waals surface area (Å²) in [5, 5.41) is 0. The summed E-state index contributed by atoms with van der Waals surface area (Å²) in [7, 11) is 1.90. The lowest BCUT2D eigenvalue weighted by atomic mass is 10.2. The Morgan fingerprint density at radius 3 is 2.67 bits per heavy atom. The molecule has 4 nitrogen and oxygen atoms in total. The molecule has 0 radical (unpaired) electrons. The van der Waals surface area contributed by atoms with Crippen LogP contribution in [0.5, 0.6) is 0 Å². The van der Waals surface area contributed by atoms with Gasteiger partial charge in [-0.3, -0.25) is 4.98 Å². The van der Waals surface area contributed by atoms with Crippen molar-refractivity contribution in [1.29, 1.82) is 0 Å². The molecule has 2 aromatic rings. The molecule has 78 valence electrons. The summed E-state index contributed by atoms with van der Waals surface area (Å²) >= 11 is 3.37. The number of anilines is 1. The zero-order chi connectivity index (χ0) is 11.0. The standard InChI is InChI=1S/C10H11BrN4/c1-6-14-9(10(12)15(6)2)7-3-8(11)5-13-4-7/h3-5H,12H2,1-2H3. The van der Waals surface area contributed by atoms with Crippen molar-refractivity contribution in [2.75, 3.05) is 5.73 Å². The molecule has 2 rings (SSSR count). The van der Waals surface area contributed by atoms with Crippen LogP contribution in [-0.2, 0) is 7.05 Å². The lowest BCUT2D eigenvalue weighted by Gasteiger charge is -2.00. The maximum Gasteiger partial charge on any atom is 0.131 e. The van der Waals surface area contributed by atoms with Gasteiger partial charge in [-0.2, -0.15) is 0 Å². The van der Waals surface area contributed by atoms with Crippen molar-refractivity contribution in [3.63, 3.8) is 0 Å². The molecule has 0 aliphatic heterocycles. The Bertz CT molecular complexity index is 504. The summed E-state index contributed by atoms with van der Waals surface area (Å²) in [6, 6.07) is 1.95. The number of aryl methyl sites for hydroxylation is 1. The van der Waals surface area contributed by atoms with E-state index in [4.69, 9.17) is 5.73 Å². The molecule has 15 heavy (non-hydrogen) atoms. The molecule has 0 spiro atoms. The smallest absolute Gasteiger partial charge is 0.131 e. The molecule has 2 aromatic heterocycles. The van der Waals surface area contributed by atoms with E-state index in [9.17, 15) is 0 Å². The molecule has 0 unspecified atom stereocenters. The van der Waals surface area contributed by atoms with Gasteiger partial charge < -0.3 is 10.3 Å². The van der Waals surface area contributed by atoms with Crippen molar-refractivity contribution >= 4 is 21.7 Å². The van der Waals surface area contributed by atoms with Crippen molar-refractivity contribution in [3.8, 4) is 11.3 Å². The minimum Gasteiger partial charge on any atom is -0.383 e. The van der Waals surface area contributed by atoms with E-state index in [1.165, 1.54) is 0 Å². The molecule has 0 aromatic carbocycles. The number of nitrogens with zero attached hydrogens (tertiary/aromatic N) is 3. The van der Waals surface area contributed by atoms with Crippen LogP contribution in [-0.4, -0.2) is 14.5 Å². The Hall–Kier alpha value is -1.36. The number of nitrogen functional groups attached to an aromatic ring is 1. The van der Waals surface area contributed by atoms with Crippen molar-refractivity contribution in [2.24, 2.45) is 7.05 Å². The monoisotopic (exact) mass is 266 g/mol. The summed E-state index contributed by atoms with van der Waals surface area (Å²) in [6.07, 6.45) is 3.48. The number of hydrogen-bond acceptors (Lipinski definition) is 3. The second kappa shape index (κ2) is 3.66. The van der Waals surface area contributed by atoms with Gasteiger partial charge in [0.25, 0.3) is 0 Å². The summed E-state index contributed by atoms with van der Waals surface area (Å²) in [5.74, 6) is 1.55. The molecule has 0 saturated carbocycles. The van der Waals surface area contributed by atoms with Crippen LogP contribution in [0.1, 0.15) is 5.82 Å². The highest BCUT2D eigenvalue weighted by Gasteiger charge is 2.11. The van der Waals surface area contributed by atoms with E-state index in [2.05, 4.69) is 25.9 Å². The van der Waals surface area contributed by atoms with E-state index < -0.39 is 0 Å². The van der Waals surface area contributed by atoms with E-state index in [1.54, 1.807) is 12.4 Å². The number of rotatable bonds is 1. The van der Waals surface area contributed by atoms with Crippen molar-refractivity contribution in [3.05, 3.63) is 28.8 Å². The Balaban J connectivity index is 2.59. The SMILES string of the molecule is Cc1nc(-c2cncc(Br)c2)c(N)n1C. The van der Waals surface area contributed by atoms with Gasteiger partial charge in [0, 0.05) is 29.5 Å². The first-order valence-corrected chi connectivity index (χ1v) is 5.28. The van der Waals surface area contributed by atoms with E-state index in [1.807, 2.05) is 24.6 Å². The highest BCUT2D eigenvalue weighted by molar-refractivity contribution is 9.10. The zero-order valence-electron chi connectivity index (χ0n) is 8.53. The van der Waals surface area contributed by atoms with E-state index in [-0.39, 0.29) is 0 Å². The maximum atomic E-state index is 5.94. The van der Waals surface area contributed by atoms with Crippen LogP contribution in [0.4, 0.5) is 5.82 Å². The average molecular weight is 267 g/mol. The summed E-state index contributed by atoms with van der Waals surface area (Å²) in [6.45, 7) is 1.92. The Kier molecular flexibility index (Phi) is 2.48. The van der Waals surface area contributed by atoms with Crippen LogP contribution >= 0.6 is 15.9 Å². The molecular weight excluding hydrogens is 256 g/mol. The normalized spacial score (nSPS) is 10.6. The summed E-state index contributed by atoms with van der Waals surface area (Å²) in [4.78, 5) is 8.49. The van der Waals surface area contributed by atoms with Crippen LogP contribution in [0.15, 0.2) is 22.9 Å². The molecule has 2 heterocycles.